The van der Waals surface area contributed by atoms with Gasteiger partial charge in [0, 0.05) is 19.1 Å². The molecule has 0 N–H and O–H groups in total. The molecular formula is C18H21F3N4O. The Morgan fingerprint density at radius 2 is 2.04 bits per heavy atom. The molecule has 3 rings (SSSR count). The average molecular weight is 366 g/mol. The average Bonchev–Trinajstić information content (AvgIpc) is 3.13. The number of alkyl halides is 3. The fraction of sp³-hybridized carbons (Fsp3) is 0.500. The molecule has 1 unspecified atom stereocenters. The second-order valence-electron chi connectivity index (χ2n) is 7.00. The van der Waals surface area contributed by atoms with Crippen LogP contribution in [-0.2, 0) is 30.9 Å². The van der Waals surface area contributed by atoms with Crippen molar-refractivity contribution < 1.29 is 18.0 Å². The van der Waals surface area contributed by atoms with E-state index in [0.717, 1.165) is 12.5 Å². The summed E-state index contributed by atoms with van der Waals surface area (Å²) in [6, 6.07) is 5.60. The molecule has 1 aromatic carbocycles. The van der Waals surface area contributed by atoms with E-state index in [2.05, 4.69) is 10.3 Å². The fourth-order valence-corrected chi connectivity index (χ4v) is 3.72. The van der Waals surface area contributed by atoms with Crippen LogP contribution in [0.1, 0.15) is 36.6 Å². The van der Waals surface area contributed by atoms with E-state index in [4.69, 9.17) is 0 Å². The Morgan fingerprint density at radius 1 is 1.31 bits per heavy atom. The van der Waals surface area contributed by atoms with Crippen molar-refractivity contribution in [1.82, 2.24) is 19.9 Å². The smallest absolute Gasteiger partial charge is 0.337 e. The van der Waals surface area contributed by atoms with Crippen molar-refractivity contribution >= 4 is 5.91 Å². The summed E-state index contributed by atoms with van der Waals surface area (Å²) in [5.74, 6) is -0.111. The molecule has 5 nitrogen and oxygen atoms in total. The lowest BCUT2D eigenvalue weighted by atomic mass is 9.87. The molecule has 1 aliphatic heterocycles. The molecule has 1 saturated heterocycles. The predicted molar refractivity (Wildman–Crippen MR) is 89.2 cm³/mol. The molecule has 2 heterocycles. The van der Waals surface area contributed by atoms with Crippen molar-refractivity contribution in [2.75, 3.05) is 6.54 Å². The lowest BCUT2D eigenvalue weighted by Gasteiger charge is -2.36. The molecular weight excluding hydrogens is 345 g/mol. The summed E-state index contributed by atoms with van der Waals surface area (Å²) >= 11 is 0. The minimum Gasteiger partial charge on any atom is -0.337 e. The standard InChI is InChI=1S/C18H21F3N4O/c1-17(11-13-6-3-4-7-15(13)18(19,20)21)8-5-9-25(17)16(26)10-14-12-22-23-24(14)2/h3-4,6-7,12H,5,8-11H2,1-2H3. The number of carbonyl (C=O) groups is 1. The molecule has 1 amide bonds. The van der Waals surface area contributed by atoms with Crippen LogP contribution in [0, 0.1) is 0 Å². The SMILES string of the molecule is Cn1nncc1CC(=O)N1CCCC1(C)Cc1ccccc1C(F)(F)F. The van der Waals surface area contributed by atoms with Crippen LogP contribution in [0.15, 0.2) is 30.5 Å². The molecule has 0 aliphatic carbocycles. The molecule has 26 heavy (non-hydrogen) atoms. The molecule has 0 saturated carbocycles. The van der Waals surface area contributed by atoms with Crippen molar-refractivity contribution in [1.29, 1.82) is 0 Å². The number of benzene rings is 1. The molecule has 8 heteroatoms. The Morgan fingerprint density at radius 3 is 2.69 bits per heavy atom. The second-order valence-corrected chi connectivity index (χ2v) is 7.00. The monoisotopic (exact) mass is 366 g/mol. The van der Waals surface area contributed by atoms with Gasteiger partial charge in [0.05, 0.1) is 23.9 Å². The molecule has 0 radical (unpaired) electrons. The van der Waals surface area contributed by atoms with E-state index in [-0.39, 0.29) is 24.3 Å². The van der Waals surface area contributed by atoms with Crippen LogP contribution in [0.25, 0.3) is 0 Å². The molecule has 0 spiro atoms. The lowest BCUT2D eigenvalue weighted by molar-refractivity contribution is -0.138. The highest BCUT2D eigenvalue weighted by molar-refractivity contribution is 5.79. The zero-order valence-corrected chi connectivity index (χ0v) is 14.8. The van der Waals surface area contributed by atoms with Gasteiger partial charge in [-0.1, -0.05) is 23.4 Å². The molecule has 2 aromatic rings. The van der Waals surface area contributed by atoms with Gasteiger partial charge in [0.15, 0.2) is 0 Å². The highest BCUT2D eigenvalue weighted by atomic mass is 19.4. The number of aryl methyl sites for hydroxylation is 1. The normalized spacial score (nSPS) is 20.6. The molecule has 1 aromatic heterocycles. The summed E-state index contributed by atoms with van der Waals surface area (Å²) in [5.41, 5.74) is -0.356. The van der Waals surface area contributed by atoms with Crippen LogP contribution in [-0.4, -0.2) is 37.9 Å². The van der Waals surface area contributed by atoms with E-state index < -0.39 is 17.3 Å². The number of amides is 1. The number of rotatable bonds is 4. The topological polar surface area (TPSA) is 51.0 Å². The van der Waals surface area contributed by atoms with Crippen molar-refractivity contribution in [3.63, 3.8) is 0 Å². The maximum absolute atomic E-state index is 13.3. The maximum Gasteiger partial charge on any atom is 0.416 e. The second kappa shape index (κ2) is 6.74. The quantitative estimate of drug-likeness (QED) is 0.836. The van der Waals surface area contributed by atoms with E-state index in [1.54, 1.807) is 18.0 Å². The van der Waals surface area contributed by atoms with E-state index in [0.29, 0.717) is 18.7 Å². The number of likely N-dealkylation sites (tertiary alicyclic amines) is 1. The molecule has 140 valence electrons. The summed E-state index contributed by atoms with van der Waals surface area (Å²) in [4.78, 5) is 14.5. The number of nitrogens with zero attached hydrogens (tertiary/aromatic N) is 4. The molecule has 1 aliphatic rings. The van der Waals surface area contributed by atoms with Gasteiger partial charge < -0.3 is 4.90 Å². The molecule has 0 bridgehead atoms. The third-order valence-electron chi connectivity index (χ3n) is 5.08. The van der Waals surface area contributed by atoms with Crippen molar-refractivity contribution in [2.24, 2.45) is 7.05 Å². The minimum absolute atomic E-state index is 0.111. The number of hydrogen-bond acceptors (Lipinski definition) is 3. The number of aromatic nitrogens is 3. The summed E-state index contributed by atoms with van der Waals surface area (Å²) < 4.78 is 41.4. The van der Waals surface area contributed by atoms with Gasteiger partial charge >= 0.3 is 6.18 Å². The van der Waals surface area contributed by atoms with Crippen LogP contribution < -0.4 is 0 Å². The van der Waals surface area contributed by atoms with Crippen LogP contribution in [0.3, 0.4) is 0 Å². The number of halogens is 3. The largest absolute Gasteiger partial charge is 0.416 e. The van der Waals surface area contributed by atoms with Gasteiger partial charge in [0.25, 0.3) is 0 Å². The first-order valence-corrected chi connectivity index (χ1v) is 8.50. The van der Waals surface area contributed by atoms with Gasteiger partial charge in [-0.15, -0.1) is 5.10 Å². The van der Waals surface area contributed by atoms with E-state index in [1.165, 1.54) is 23.0 Å². The van der Waals surface area contributed by atoms with E-state index >= 15 is 0 Å². The summed E-state index contributed by atoms with van der Waals surface area (Å²) in [6.45, 7) is 2.42. The molecule has 1 fully saturated rings. The van der Waals surface area contributed by atoms with Crippen molar-refractivity contribution in [3.05, 3.63) is 47.3 Å². The van der Waals surface area contributed by atoms with Gasteiger partial charge in [-0.25, -0.2) is 0 Å². The van der Waals surface area contributed by atoms with Gasteiger partial charge in [0.1, 0.15) is 0 Å². The summed E-state index contributed by atoms with van der Waals surface area (Å²) in [7, 11) is 1.71. The summed E-state index contributed by atoms with van der Waals surface area (Å²) in [6.07, 6.45) is -1.10. The van der Waals surface area contributed by atoms with Gasteiger partial charge in [-0.05, 0) is 37.8 Å². The summed E-state index contributed by atoms with van der Waals surface area (Å²) in [5, 5.41) is 7.57. The minimum atomic E-state index is -4.40. The van der Waals surface area contributed by atoms with Crippen LogP contribution >= 0.6 is 0 Å². The first-order chi connectivity index (χ1) is 12.2. The Labute approximate surface area is 149 Å². The van der Waals surface area contributed by atoms with E-state index in [9.17, 15) is 18.0 Å². The Hall–Kier alpha value is -2.38. The first kappa shape index (κ1) is 18.4. The van der Waals surface area contributed by atoms with Gasteiger partial charge in [0.2, 0.25) is 5.91 Å². The maximum atomic E-state index is 13.3. The lowest BCUT2D eigenvalue weighted by Crippen LogP contribution is -2.47. The van der Waals surface area contributed by atoms with Gasteiger partial charge in [-0.3, -0.25) is 9.48 Å². The van der Waals surface area contributed by atoms with Gasteiger partial charge in [-0.2, -0.15) is 13.2 Å². The van der Waals surface area contributed by atoms with Crippen molar-refractivity contribution in [2.45, 2.75) is 44.3 Å². The van der Waals surface area contributed by atoms with Crippen LogP contribution in [0.4, 0.5) is 13.2 Å². The van der Waals surface area contributed by atoms with Crippen LogP contribution in [0.2, 0.25) is 0 Å². The fourth-order valence-electron chi connectivity index (χ4n) is 3.72. The van der Waals surface area contributed by atoms with Crippen molar-refractivity contribution in [3.8, 4) is 0 Å². The highest BCUT2D eigenvalue weighted by Gasteiger charge is 2.42. The van der Waals surface area contributed by atoms with E-state index in [1.807, 2.05) is 6.92 Å². The van der Waals surface area contributed by atoms with Crippen LogP contribution in [0.5, 0.6) is 0 Å². The first-order valence-electron chi connectivity index (χ1n) is 8.50. The zero-order chi connectivity index (χ0) is 18.9. The Kier molecular flexibility index (Phi) is 4.77. The number of hydrogen-bond donors (Lipinski definition) is 0. The third-order valence-corrected chi connectivity index (χ3v) is 5.08. The Bertz CT molecular complexity index is 802. The zero-order valence-electron chi connectivity index (χ0n) is 14.8. The molecule has 1 atom stereocenters. The third kappa shape index (κ3) is 3.59. The number of carbonyl (C=O) groups excluding carboxylic acids is 1. The predicted octanol–water partition coefficient (Wildman–Crippen LogP) is 3.00. The highest BCUT2D eigenvalue weighted by Crippen LogP contribution is 2.38. The Balaban J connectivity index is 1.83.